The van der Waals surface area contributed by atoms with Crippen LogP contribution < -0.4 is 0 Å². The molecule has 0 spiro atoms. The predicted molar refractivity (Wildman–Crippen MR) is 58.8 cm³/mol. The molecule has 0 aliphatic carbocycles. The highest BCUT2D eigenvalue weighted by Gasteiger charge is 2.07. The van der Waals surface area contributed by atoms with Gasteiger partial charge in [0.25, 0.3) is 0 Å². The van der Waals surface area contributed by atoms with Gasteiger partial charge in [-0.05, 0) is 34.7 Å². The first-order valence-corrected chi connectivity index (χ1v) is 5.00. The summed E-state index contributed by atoms with van der Waals surface area (Å²) in [5.41, 5.74) is 0.769. The summed E-state index contributed by atoms with van der Waals surface area (Å²) in [6.07, 6.45) is 0. The summed E-state index contributed by atoms with van der Waals surface area (Å²) in [7, 11) is 0. The Bertz CT molecular complexity index is 438. The van der Waals surface area contributed by atoms with E-state index in [0.717, 1.165) is 14.6 Å². The number of nitrogens with zero attached hydrogens (tertiary/aromatic N) is 1. The minimum absolute atomic E-state index is 0.580. The molecule has 0 fully saturated rings. The molecule has 2 nitrogen and oxygen atoms in total. The van der Waals surface area contributed by atoms with Crippen LogP contribution >= 0.6 is 45.8 Å². The van der Waals surface area contributed by atoms with Gasteiger partial charge in [-0.1, -0.05) is 23.2 Å². The Morgan fingerprint density at radius 1 is 1.33 bits per heavy atom. The summed E-state index contributed by atoms with van der Waals surface area (Å²) in [5, 5.41) is 9.05. The van der Waals surface area contributed by atoms with Gasteiger partial charge in [-0.3, -0.25) is 5.10 Å². The average molecular weight is 313 g/mol. The highest BCUT2D eigenvalue weighted by Crippen LogP contribution is 2.28. The molecule has 0 radical (unpaired) electrons. The van der Waals surface area contributed by atoms with Crippen LogP contribution in [0.5, 0.6) is 0 Å². The van der Waals surface area contributed by atoms with E-state index >= 15 is 0 Å². The SMILES string of the molecule is Clc1cc(Cl)c2n[nH]c(I)c2c1. The number of aromatic amines is 1. The van der Waals surface area contributed by atoms with E-state index in [1.165, 1.54) is 0 Å². The third kappa shape index (κ3) is 1.30. The van der Waals surface area contributed by atoms with E-state index in [2.05, 4.69) is 32.8 Å². The normalized spacial score (nSPS) is 10.9. The smallest absolute Gasteiger partial charge is 0.112 e. The fourth-order valence-electron chi connectivity index (χ4n) is 1.01. The van der Waals surface area contributed by atoms with Crippen LogP contribution in [-0.4, -0.2) is 10.2 Å². The third-order valence-electron chi connectivity index (χ3n) is 1.53. The zero-order chi connectivity index (χ0) is 8.72. The summed E-state index contributed by atoms with van der Waals surface area (Å²) < 4.78 is 0.951. The van der Waals surface area contributed by atoms with Crippen LogP contribution in [0.4, 0.5) is 0 Å². The molecule has 0 amide bonds. The van der Waals surface area contributed by atoms with Gasteiger partial charge in [0, 0.05) is 10.4 Å². The van der Waals surface area contributed by atoms with Gasteiger partial charge in [0.2, 0.25) is 0 Å². The lowest BCUT2D eigenvalue weighted by atomic mass is 10.3. The Balaban J connectivity index is 2.92. The molecule has 5 heteroatoms. The number of H-pyrrole nitrogens is 1. The molecule has 0 saturated carbocycles. The van der Waals surface area contributed by atoms with E-state index in [1.807, 2.05) is 6.07 Å². The lowest BCUT2D eigenvalue weighted by molar-refractivity contribution is 1.09. The second kappa shape index (κ2) is 3.05. The van der Waals surface area contributed by atoms with E-state index in [-0.39, 0.29) is 0 Å². The van der Waals surface area contributed by atoms with Crippen LogP contribution in [-0.2, 0) is 0 Å². The van der Waals surface area contributed by atoms with Crippen molar-refractivity contribution in [2.24, 2.45) is 0 Å². The van der Waals surface area contributed by atoms with Gasteiger partial charge in [-0.2, -0.15) is 5.10 Å². The Morgan fingerprint density at radius 3 is 2.83 bits per heavy atom. The van der Waals surface area contributed by atoms with Gasteiger partial charge in [-0.15, -0.1) is 0 Å². The fourth-order valence-corrected chi connectivity index (χ4v) is 2.08. The molecule has 0 unspecified atom stereocenters. The largest absolute Gasteiger partial charge is 0.271 e. The Kier molecular flexibility index (Phi) is 2.18. The van der Waals surface area contributed by atoms with E-state index in [4.69, 9.17) is 23.2 Å². The van der Waals surface area contributed by atoms with E-state index < -0.39 is 0 Å². The van der Waals surface area contributed by atoms with Crippen molar-refractivity contribution >= 4 is 56.7 Å². The lowest BCUT2D eigenvalue weighted by Gasteiger charge is -1.93. The molecular formula is C7H3Cl2IN2. The van der Waals surface area contributed by atoms with E-state index in [0.29, 0.717) is 10.0 Å². The van der Waals surface area contributed by atoms with Gasteiger partial charge in [0.1, 0.15) is 9.22 Å². The molecule has 2 rings (SSSR count). The monoisotopic (exact) mass is 312 g/mol. The van der Waals surface area contributed by atoms with Crippen LogP contribution in [0, 0.1) is 3.70 Å². The summed E-state index contributed by atoms with van der Waals surface area (Å²) in [5.74, 6) is 0. The molecule has 1 aromatic heterocycles. The molecule has 62 valence electrons. The van der Waals surface area contributed by atoms with Crippen molar-refractivity contribution in [3.05, 3.63) is 25.9 Å². The van der Waals surface area contributed by atoms with E-state index in [9.17, 15) is 0 Å². The van der Waals surface area contributed by atoms with Gasteiger partial charge in [-0.25, -0.2) is 0 Å². The molecule has 1 N–H and O–H groups in total. The second-order valence-electron chi connectivity index (χ2n) is 2.32. The number of aromatic nitrogens is 2. The summed E-state index contributed by atoms with van der Waals surface area (Å²) in [4.78, 5) is 0. The maximum absolute atomic E-state index is 5.91. The lowest BCUT2D eigenvalue weighted by Crippen LogP contribution is -1.72. The third-order valence-corrected chi connectivity index (χ3v) is 2.86. The molecule has 2 aromatic rings. The number of benzene rings is 1. The number of halogens is 3. The van der Waals surface area contributed by atoms with Crippen molar-refractivity contribution in [1.82, 2.24) is 10.2 Å². The minimum atomic E-state index is 0.580. The summed E-state index contributed by atoms with van der Waals surface area (Å²) in [6.45, 7) is 0. The molecule has 0 saturated heterocycles. The highest BCUT2D eigenvalue weighted by molar-refractivity contribution is 14.1. The average Bonchev–Trinajstić information content (AvgIpc) is 2.33. The zero-order valence-electron chi connectivity index (χ0n) is 5.74. The maximum atomic E-state index is 5.91. The standard InChI is InChI=1S/C7H3Cl2IN2/c8-3-1-4-6(5(9)2-3)11-12-7(4)10/h1-2H,(H,11,12). The van der Waals surface area contributed by atoms with E-state index in [1.54, 1.807) is 6.07 Å². The first-order chi connectivity index (χ1) is 5.68. The molecule has 0 bridgehead atoms. The Hall–Kier alpha value is -0.000000000000000111. The first kappa shape index (κ1) is 8.59. The van der Waals surface area contributed by atoms with Crippen LogP contribution in [0.1, 0.15) is 0 Å². The van der Waals surface area contributed by atoms with Crippen molar-refractivity contribution in [3.63, 3.8) is 0 Å². The number of hydrogen-bond acceptors (Lipinski definition) is 1. The van der Waals surface area contributed by atoms with Crippen molar-refractivity contribution in [2.75, 3.05) is 0 Å². The number of hydrogen-bond donors (Lipinski definition) is 1. The van der Waals surface area contributed by atoms with Crippen molar-refractivity contribution in [1.29, 1.82) is 0 Å². The maximum Gasteiger partial charge on any atom is 0.112 e. The van der Waals surface area contributed by atoms with Crippen molar-refractivity contribution < 1.29 is 0 Å². The number of fused-ring (bicyclic) bond motifs is 1. The quantitative estimate of drug-likeness (QED) is 0.741. The molecule has 1 aromatic carbocycles. The fraction of sp³-hybridized carbons (Fsp3) is 0. The van der Waals surface area contributed by atoms with Gasteiger partial charge in [0.05, 0.1) is 5.02 Å². The molecule has 0 aliphatic heterocycles. The first-order valence-electron chi connectivity index (χ1n) is 3.17. The zero-order valence-corrected chi connectivity index (χ0v) is 9.41. The van der Waals surface area contributed by atoms with Gasteiger partial charge < -0.3 is 0 Å². The Labute approximate surface area is 92.4 Å². The van der Waals surface area contributed by atoms with Gasteiger partial charge >= 0.3 is 0 Å². The highest BCUT2D eigenvalue weighted by atomic mass is 127. The summed E-state index contributed by atoms with van der Waals surface area (Å²) >= 11 is 13.9. The van der Waals surface area contributed by atoms with Crippen LogP contribution in [0.2, 0.25) is 10.0 Å². The topological polar surface area (TPSA) is 28.7 Å². The molecule has 12 heavy (non-hydrogen) atoms. The van der Waals surface area contributed by atoms with Gasteiger partial charge in [0.15, 0.2) is 0 Å². The van der Waals surface area contributed by atoms with Crippen LogP contribution in [0.25, 0.3) is 10.9 Å². The van der Waals surface area contributed by atoms with Crippen molar-refractivity contribution in [3.8, 4) is 0 Å². The molecular weight excluding hydrogens is 310 g/mol. The number of nitrogens with one attached hydrogen (secondary N) is 1. The predicted octanol–water partition coefficient (Wildman–Crippen LogP) is 3.47. The van der Waals surface area contributed by atoms with Crippen LogP contribution in [0.15, 0.2) is 12.1 Å². The summed E-state index contributed by atoms with van der Waals surface area (Å²) in [6, 6.07) is 3.52. The number of rotatable bonds is 0. The molecule has 0 atom stereocenters. The Morgan fingerprint density at radius 2 is 2.08 bits per heavy atom. The minimum Gasteiger partial charge on any atom is -0.271 e. The van der Waals surface area contributed by atoms with Crippen LogP contribution in [0.3, 0.4) is 0 Å². The van der Waals surface area contributed by atoms with Crippen molar-refractivity contribution in [2.45, 2.75) is 0 Å². The second-order valence-corrected chi connectivity index (χ2v) is 4.24. The molecule has 0 aliphatic rings. The molecule has 1 heterocycles.